The molecule has 0 spiro atoms. The molecule has 8 nitrogen and oxygen atoms in total. The Morgan fingerprint density at radius 2 is 1.96 bits per heavy atom. The van der Waals surface area contributed by atoms with E-state index < -0.39 is 0 Å². The zero-order chi connectivity index (χ0) is 17.5. The summed E-state index contributed by atoms with van der Waals surface area (Å²) in [4.78, 5) is 17.9. The molecule has 0 atom stereocenters. The number of aliphatic imine (C=N–C) groups is 1. The van der Waals surface area contributed by atoms with Crippen LogP contribution < -0.4 is 10.2 Å². The summed E-state index contributed by atoms with van der Waals surface area (Å²) < 4.78 is 1.94. The number of nitrogens with zero attached hydrogens (tertiary/aromatic N) is 7. The lowest BCUT2D eigenvalue weighted by Gasteiger charge is -2.36. The van der Waals surface area contributed by atoms with E-state index in [1.807, 2.05) is 30.1 Å². The number of rotatable bonds is 5. The third-order valence-electron chi connectivity index (χ3n) is 4.10. The number of aryl methyl sites for hydroxylation is 1. The monoisotopic (exact) mass is 342 g/mol. The zero-order valence-electron chi connectivity index (χ0n) is 15.0. The molecule has 1 aliphatic heterocycles. The molecule has 3 heterocycles. The van der Waals surface area contributed by atoms with Crippen molar-refractivity contribution in [3.8, 4) is 0 Å². The Bertz CT molecular complexity index is 673. The van der Waals surface area contributed by atoms with Crippen LogP contribution in [0.15, 0.2) is 35.8 Å². The van der Waals surface area contributed by atoms with Crippen LogP contribution in [0.3, 0.4) is 0 Å². The lowest BCUT2D eigenvalue weighted by molar-refractivity contribution is 0.369. The van der Waals surface area contributed by atoms with Gasteiger partial charge in [-0.3, -0.25) is 9.67 Å². The molecule has 2 aromatic rings. The molecule has 1 N–H and O–H groups in total. The maximum atomic E-state index is 4.76. The van der Waals surface area contributed by atoms with Crippen LogP contribution in [0.25, 0.3) is 0 Å². The van der Waals surface area contributed by atoms with Crippen molar-refractivity contribution in [2.75, 3.05) is 44.2 Å². The maximum absolute atomic E-state index is 4.76. The Labute approximate surface area is 148 Å². The third kappa shape index (κ3) is 4.68. The van der Waals surface area contributed by atoms with Crippen LogP contribution >= 0.6 is 0 Å². The molecule has 1 aliphatic rings. The van der Waals surface area contributed by atoms with Gasteiger partial charge in [0.05, 0.1) is 19.3 Å². The molecule has 8 heteroatoms. The van der Waals surface area contributed by atoms with Crippen molar-refractivity contribution in [3.05, 3.63) is 36.4 Å². The second kappa shape index (κ2) is 8.46. The Balaban J connectivity index is 1.55. The molecule has 0 unspecified atom stereocenters. The van der Waals surface area contributed by atoms with Crippen molar-refractivity contribution >= 4 is 11.9 Å². The van der Waals surface area contributed by atoms with Gasteiger partial charge in [-0.1, -0.05) is 0 Å². The van der Waals surface area contributed by atoms with Gasteiger partial charge in [-0.25, -0.2) is 9.97 Å². The van der Waals surface area contributed by atoms with Crippen molar-refractivity contribution in [1.82, 2.24) is 30.0 Å². The van der Waals surface area contributed by atoms with Gasteiger partial charge in [-0.15, -0.1) is 0 Å². The van der Waals surface area contributed by atoms with Crippen molar-refractivity contribution in [3.63, 3.8) is 0 Å². The molecule has 0 bridgehead atoms. The molecule has 0 aromatic carbocycles. The predicted molar refractivity (Wildman–Crippen MR) is 98.8 cm³/mol. The van der Waals surface area contributed by atoms with E-state index in [2.05, 4.69) is 37.1 Å². The quantitative estimate of drug-likeness (QED) is 0.639. The number of hydrogen-bond acceptors (Lipinski definition) is 5. The maximum Gasteiger partial charge on any atom is 0.225 e. The van der Waals surface area contributed by atoms with Gasteiger partial charge in [-0.05, 0) is 25.5 Å². The largest absolute Gasteiger partial charge is 0.357 e. The van der Waals surface area contributed by atoms with E-state index in [1.54, 1.807) is 12.4 Å². The van der Waals surface area contributed by atoms with Crippen molar-refractivity contribution in [1.29, 1.82) is 0 Å². The summed E-state index contributed by atoms with van der Waals surface area (Å²) >= 11 is 0. The first-order valence-corrected chi connectivity index (χ1v) is 8.80. The van der Waals surface area contributed by atoms with E-state index in [1.165, 1.54) is 5.56 Å². The van der Waals surface area contributed by atoms with Crippen LogP contribution in [0.5, 0.6) is 0 Å². The molecule has 2 aromatic heterocycles. The van der Waals surface area contributed by atoms with E-state index in [0.717, 1.165) is 51.2 Å². The molecule has 0 amide bonds. The fraction of sp³-hybridized carbons (Fsp3) is 0.529. The zero-order valence-corrected chi connectivity index (χ0v) is 15.0. The Morgan fingerprint density at radius 3 is 2.60 bits per heavy atom. The molecular weight excluding hydrogens is 316 g/mol. The normalized spacial score (nSPS) is 15.5. The van der Waals surface area contributed by atoms with Crippen LogP contribution in [0.1, 0.15) is 12.5 Å². The minimum atomic E-state index is 0.714. The minimum Gasteiger partial charge on any atom is -0.357 e. The Hall–Kier alpha value is -2.64. The van der Waals surface area contributed by atoms with E-state index in [9.17, 15) is 0 Å². The summed E-state index contributed by atoms with van der Waals surface area (Å²) in [6.07, 6.45) is 7.50. The van der Waals surface area contributed by atoms with Crippen molar-refractivity contribution < 1.29 is 0 Å². The molecule has 1 fully saturated rings. The van der Waals surface area contributed by atoms with Gasteiger partial charge in [0, 0.05) is 51.3 Å². The number of hydrogen-bond donors (Lipinski definition) is 1. The predicted octanol–water partition coefficient (Wildman–Crippen LogP) is 0.769. The highest BCUT2D eigenvalue weighted by molar-refractivity contribution is 5.80. The highest BCUT2D eigenvalue weighted by Gasteiger charge is 2.20. The minimum absolute atomic E-state index is 0.714. The van der Waals surface area contributed by atoms with Gasteiger partial charge in [0.25, 0.3) is 0 Å². The molecule has 0 saturated carbocycles. The van der Waals surface area contributed by atoms with Gasteiger partial charge in [0.1, 0.15) is 0 Å². The number of guanidine groups is 1. The number of piperazine rings is 1. The molecule has 0 aliphatic carbocycles. The summed E-state index contributed by atoms with van der Waals surface area (Å²) in [6.45, 7) is 10.1. The van der Waals surface area contributed by atoms with E-state index in [-0.39, 0.29) is 0 Å². The van der Waals surface area contributed by atoms with Crippen LogP contribution in [0.4, 0.5) is 5.95 Å². The van der Waals surface area contributed by atoms with E-state index >= 15 is 0 Å². The second-order valence-corrected chi connectivity index (χ2v) is 6.04. The molecule has 134 valence electrons. The van der Waals surface area contributed by atoms with Gasteiger partial charge < -0.3 is 15.1 Å². The van der Waals surface area contributed by atoms with Gasteiger partial charge in [0.2, 0.25) is 5.95 Å². The third-order valence-corrected chi connectivity index (χ3v) is 4.10. The lowest BCUT2D eigenvalue weighted by Crippen LogP contribution is -2.53. The summed E-state index contributed by atoms with van der Waals surface area (Å²) in [5, 5.41) is 7.70. The molecule has 25 heavy (non-hydrogen) atoms. The SMILES string of the molecule is CCNC(=NCCn1cc(C)cn1)N1CCN(c2ncccn2)CC1. The van der Waals surface area contributed by atoms with Crippen molar-refractivity contribution in [2.45, 2.75) is 20.4 Å². The molecule has 0 radical (unpaired) electrons. The molecule has 1 saturated heterocycles. The fourth-order valence-electron chi connectivity index (χ4n) is 2.85. The average molecular weight is 342 g/mol. The summed E-state index contributed by atoms with van der Waals surface area (Å²) in [6, 6.07) is 1.84. The Kier molecular flexibility index (Phi) is 5.81. The highest BCUT2D eigenvalue weighted by atomic mass is 15.4. The lowest BCUT2D eigenvalue weighted by atomic mass is 10.3. The standard InChI is InChI=1S/C17H26N8/c1-3-18-16(21-7-8-25-14-15(2)13-22-25)23-9-11-24(12-10-23)17-19-5-4-6-20-17/h4-6,13-14H,3,7-12H2,1-2H3,(H,18,21). The van der Waals surface area contributed by atoms with E-state index in [4.69, 9.17) is 4.99 Å². The van der Waals surface area contributed by atoms with Crippen LogP contribution in [-0.4, -0.2) is 69.9 Å². The van der Waals surface area contributed by atoms with Crippen molar-refractivity contribution in [2.24, 2.45) is 4.99 Å². The molecular formula is C17H26N8. The number of aromatic nitrogens is 4. The van der Waals surface area contributed by atoms with Crippen LogP contribution in [-0.2, 0) is 6.54 Å². The van der Waals surface area contributed by atoms with Crippen LogP contribution in [0.2, 0.25) is 0 Å². The number of anilines is 1. The second-order valence-electron chi connectivity index (χ2n) is 6.04. The first-order chi connectivity index (χ1) is 12.3. The number of nitrogens with one attached hydrogen (secondary N) is 1. The van der Waals surface area contributed by atoms with E-state index in [0.29, 0.717) is 6.54 Å². The first-order valence-electron chi connectivity index (χ1n) is 8.80. The van der Waals surface area contributed by atoms with Gasteiger partial charge in [-0.2, -0.15) is 5.10 Å². The fourth-order valence-corrected chi connectivity index (χ4v) is 2.85. The average Bonchev–Trinajstić information content (AvgIpc) is 3.07. The summed E-state index contributed by atoms with van der Waals surface area (Å²) in [7, 11) is 0. The summed E-state index contributed by atoms with van der Waals surface area (Å²) in [5.74, 6) is 1.78. The topological polar surface area (TPSA) is 74.5 Å². The summed E-state index contributed by atoms with van der Waals surface area (Å²) in [5.41, 5.74) is 1.18. The Morgan fingerprint density at radius 1 is 1.20 bits per heavy atom. The van der Waals surface area contributed by atoms with Gasteiger partial charge in [0.15, 0.2) is 5.96 Å². The highest BCUT2D eigenvalue weighted by Crippen LogP contribution is 2.09. The molecule has 3 rings (SSSR count). The smallest absolute Gasteiger partial charge is 0.225 e. The van der Waals surface area contributed by atoms with Gasteiger partial charge >= 0.3 is 0 Å². The first kappa shape index (κ1) is 17.2. The van der Waals surface area contributed by atoms with Crippen LogP contribution in [0, 0.1) is 6.92 Å².